The molecule has 0 aromatic carbocycles. The molecule has 17 heavy (non-hydrogen) atoms. The summed E-state index contributed by atoms with van der Waals surface area (Å²) in [5.41, 5.74) is 0.448. The molecule has 2 rings (SSSR count). The van der Waals surface area contributed by atoms with E-state index in [1.807, 2.05) is 6.26 Å². The number of hydrogen-bond acceptors (Lipinski definition) is 6. The van der Waals surface area contributed by atoms with Crippen LogP contribution in [0, 0.1) is 11.3 Å². The van der Waals surface area contributed by atoms with Crippen LogP contribution in [0.3, 0.4) is 0 Å². The van der Waals surface area contributed by atoms with Crippen molar-refractivity contribution in [1.29, 1.82) is 5.26 Å². The van der Waals surface area contributed by atoms with E-state index in [0.717, 1.165) is 12.8 Å². The Hall–Kier alpha value is -1.32. The minimum atomic E-state index is -0.236. The summed E-state index contributed by atoms with van der Waals surface area (Å²) in [6.07, 6.45) is 5.62. The first-order chi connectivity index (χ1) is 8.22. The lowest BCUT2D eigenvalue weighted by Crippen LogP contribution is -2.18. The van der Waals surface area contributed by atoms with Crippen molar-refractivity contribution in [2.24, 2.45) is 0 Å². The number of nitrogens with one attached hydrogen (secondary N) is 1. The Kier molecular flexibility index (Phi) is 3.82. The van der Waals surface area contributed by atoms with E-state index in [2.05, 4.69) is 21.4 Å². The summed E-state index contributed by atoms with van der Waals surface area (Å²) < 4.78 is 0. The largest absolute Gasteiger partial charge is 0.393 e. The van der Waals surface area contributed by atoms with Crippen LogP contribution in [0.25, 0.3) is 0 Å². The Labute approximate surface area is 104 Å². The summed E-state index contributed by atoms with van der Waals surface area (Å²) in [6.45, 7) is 0. The molecule has 2 N–H and O–H groups in total. The van der Waals surface area contributed by atoms with Gasteiger partial charge in [0, 0.05) is 6.04 Å². The number of anilines is 1. The predicted molar refractivity (Wildman–Crippen MR) is 65.8 cm³/mol. The zero-order valence-electron chi connectivity index (χ0n) is 9.55. The molecule has 2 atom stereocenters. The Morgan fingerprint density at radius 1 is 1.59 bits per heavy atom. The zero-order chi connectivity index (χ0) is 12.3. The van der Waals surface area contributed by atoms with Crippen LogP contribution in [0.5, 0.6) is 0 Å². The van der Waals surface area contributed by atoms with E-state index in [4.69, 9.17) is 5.26 Å². The van der Waals surface area contributed by atoms with Crippen molar-refractivity contribution >= 4 is 17.6 Å². The van der Waals surface area contributed by atoms with E-state index in [9.17, 15) is 5.11 Å². The van der Waals surface area contributed by atoms with Crippen molar-refractivity contribution in [1.82, 2.24) is 9.97 Å². The second kappa shape index (κ2) is 5.34. The molecule has 1 aromatic heterocycles. The van der Waals surface area contributed by atoms with E-state index in [1.165, 1.54) is 18.0 Å². The third kappa shape index (κ3) is 2.87. The Morgan fingerprint density at radius 2 is 2.41 bits per heavy atom. The molecule has 90 valence electrons. The van der Waals surface area contributed by atoms with Crippen LogP contribution in [0.4, 0.5) is 5.82 Å². The maximum Gasteiger partial charge on any atom is 0.189 e. The van der Waals surface area contributed by atoms with Crippen LogP contribution < -0.4 is 5.32 Å². The summed E-state index contributed by atoms with van der Waals surface area (Å²) in [7, 11) is 0. The van der Waals surface area contributed by atoms with Crippen molar-refractivity contribution in [3.63, 3.8) is 0 Å². The quantitative estimate of drug-likeness (QED) is 0.623. The molecule has 0 amide bonds. The maximum atomic E-state index is 9.46. The monoisotopic (exact) mass is 250 g/mol. The number of thioether (sulfide) groups is 1. The molecule has 0 bridgehead atoms. The fourth-order valence-electron chi connectivity index (χ4n) is 1.94. The molecule has 0 saturated heterocycles. The van der Waals surface area contributed by atoms with Gasteiger partial charge in [0.1, 0.15) is 17.5 Å². The van der Waals surface area contributed by atoms with Crippen molar-refractivity contribution in [3.8, 4) is 6.07 Å². The highest BCUT2D eigenvalue weighted by Crippen LogP contribution is 2.24. The van der Waals surface area contributed by atoms with Gasteiger partial charge in [0.25, 0.3) is 0 Å². The molecule has 1 saturated carbocycles. The van der Waals surface area contributed by atoms with Crippen molar-refractivity contribution in [3.05, 3.63) is 11.8 Å². The van der Waals surface area contributed by atoms with E-state index in [0.29, 0.717) is 23.0 Å². The molecule has 1 aliphatic carbocycles. The van der Waals surface area contributed by atoms with Gasteiger partial charge in [0.05, 0.1) is 12.3 Å². The molecule has 0 aliphatic heterocycles. The van der Waals surface area contributed by atoms with Gasteiger partial charge in [-0.3, -0.25) is 0 Å². The van der Waals surface area contributed by atoms with E-state index in [-0.39, 0.29) is 12.1 Å². The first-order valence-corrected chi connectivity index (χ1v) is 6.71. The number of aromatic nitrogens is 2. The summed E-state index contributed by atoms with van der Waals surface area (Å²) in [6, 6.07) is 2.27. The summed E-state index contributed by atoms with van der Waals surface area (Å²) in [5, 5.41) is 22.3. The first kappa shape index (κ1) is 12.1. The molecular weight excluding hydrogens is 236 g/mol. The lowest BCUT2D eigenvalue weighted by atomic mass is 10.2. The maximum absolute atomic E-state index is 9.46. The van der Waals surface area contributed by atoms with Crippen LogP contribution in [0.1, 0.15) is 24.8 Å². The molecule has 5 nitrogen and oxygen atoms in total. The van der Waals surface area contributed by atoms with Crippen molar-refractivity contribution in [2.45, 2.75) is 36.6 Å². The van der Waals surface area contributed by atoms with Gasteiger partial charge in [-0.1, -0.05) is 11.8 Å². The number of aliphatic hydroxyl groups is 1. The molecule has 1 heterocycles. The summed E-state index contributed by atoms with van der Waals surface area (Å²) in [4.78, 5) is 8.35. The van der Waals surface area contributed by atoms with Crippen LogP contribution in [0.2, 0.25) is 0 Å². The summed E-state index contributed by atoms with van der Waals surface area (Å²) in [5.74, 6) is 0.575. The molecule has 1 fully saturated rings. The van der Waals surface area contributed by atoms with Crippen LogP contribution >= 0.6 is 11.8 Å². The van der Waals surface area contributed by atoms with Crippen LogP contribution in [-0.2, 0) is 0 Å². The number of hydrogen-bond donors (Lipinski definition) is 2. The fourth-order valence-corrected chi connectivity index (χ4v) is 2.28. The summed E-state index contributed by atoms with van der Waals surface area (Å²) >= 11 is 1.44. The second-order valence-corrected chi connectivity index (χ2v) is 4.81. The number of aliphatic hydroxyl groups excluding tert-OH is 1. The lowest BCUT2D eigenvalue weighted by molar-refractivity contribution is 0.182. The van der Waals surface area contributed by atoms with Crippen LogP contribution in [-0.4, -0.2) is 33.5 Å². The standard InChI is InChI=1S/C11H14N4OS/c1-17-11-13-6-7(5-12)10(15-11)14-8-2-3-9(16)4-8/h6,8-9,16H,2-4H2,1H3,(H,13,14,15)/t8?,9-/m1/s1. The molecule has 6 heteroatoms. The van der Waals surface area contributed by atoms with Gasteiger partial charge in [-0.2, -0.15) is 5.26 Å². The van der Waals surface area contributed by atoms with Crippen molar-refractivity contribution in [2.75, 3.05) is 11.6 Å². The Bertz CT molecular complexity index is 446. The molecule has 0 spiro atoms. The number of nitriles is 1. The Balaban J connectivity index is 2.16. The van der Waals surface area contributed by atoms with Gasteiger partial charge in [0.2, 0.25) is 0 Å². The normalized spacial score (nSPS) is 23.4. The van der Waals surface area contributed by atoms with E-state index < -0.39 is 0 Å². The van der Waals surface area contributed by atoms with Gasteiger partial charge in [-0.15, -0.1) is 0 Å². The SMILES string of the molecule is CSc1ncc(C#N)c(NC2CC[C@@H](O)C2)n1. The van der Waals surface area contributed by atoms with Gasteiger partial charge < -0.3 is 10.4 Å². The highest BCUT2D eigenvalue weighted by atomic mass is 32.2. The van der Waals surface area contributed by atoms with Gasteiger partial charge >= 0.3 is 0 Å². The third-order valence-electron chi connectivity index (χ3n) is 2.82. The zero-order valence-corrected chi connectivity index (χ0v) is 10.4. The van der Waals surface area contributed by atoms with E-state index >= 15 is 0 Å². The van der Waals surface area contributed by atoms with Crippen LogP contribution in [0.15, 0.2) is 11.4 Å². The molecular formula is C11H14N4OS. The second-order valence-electron chi connectivity index (χ2n) is 4.04. The van der Waals surface area contributed by atoms with Gasteiger partial charge in [0.15, 0.2) is 5.16 Å². The highest BCUT2D eigenvalue weighted by molar-refractivity contribution is 7.98. The van der Waals surface area contributed by atoms with Gasteiger partial charge in [-0.25, -0.2) is 9.97 Å². The molecule has 1 aliphatic rings. The third-order valence-corrected chi connectivity index (χ3v) is 3.38. The smallest absolute Gasteiger partial charge is 0.189 e. The Morgan fingerprint density at radius 3 is 3.00 bits per heavy atom. The average Bonchev–Trinajstić information content (AvgIpc) is 2.74. The molecule has 0 radical (unpaired) electrons. The number of nitrogens with zero attached hydrogens (tertiary/aromatic N) is 3. The lowest BCUT2D eigenvalue weighted by Gasteiger charge is -2.14. The predicted octanol–water partition coefficient (Wildman–Crippen LogP) is 1.40. The minimum Gasteiger partial charge on any atom is -0.393 e. The molecule has 1 unspecified atom stereocenters. The molecule has 1 aromatic rings. The van der Waals surface area contributed by atoms with Gasteiger partial charge in [-0.05, 0) is 25.5 Å². The topological polar surface area (TPSA) is 81.8 Å². The first-order valence-electron chi connectivity index (χ1n) is 5.48. The van der Waals surface area contributed by atoms with Crippen molar-refractivity contribution < 1.29 is 5.11 Å². The van der Waals surface area contributed by atoms with E-state index in [1.54, 1.807) is 0 Å². The number of rotatable bonds is 3. The highest BCUT2D eigenvalue weighted by Gasteiger charge is 2.23. The fraction of sp³-hybridized carbons (Fsp3) is 0.545. The minimum absolute atomic E-state index is 0.196. The average molecular weight is 250 g/mol.